The van der Waals surface area contributed by atoms with Crippen LogP contribution in [0.5, 0.6) is 0 Å². The Hall–Kier alpha value is -5.92. The van der Waals surface area contributed by atoms with Crippen LogP contribution in [0.4, 0.5) is 24.6 Å². The molecule has 0 aliphatic carbocycles. The minimum absolute atomic E-state index is 0.218. The monoisotopic (exact) mass is 885 g/mol. The molecular formula is C42H49ClFN5O13. The molecule has 2 aromatic carbocycles. The predicted molar refractivity (Wildman–Crippen MR) is 217 cm³/mol. The number of imidazole rings is 1. The molecule has 2 aromatic heterocycles. The number of benzene rings is 2. The fourth-order valence-electron chi connectivity index (χ4n) is 5.69. The summed E-state index contributed by atoms with van der Waals surface area (Å²) in [5.74, 6) is -2.72. The van der Waals surface area contributed by atoms with E-state index < -0.39 is 95.5 Å². The molecule has 0 spiro atoms. The standard InChI is InChI=1S/C42H49ClFN5O13/c1-40(2,3)60-37(52)49(38(53)61-41(4,5)6)32-28-31(46-36(43)47-32)48(23-45-28)33-27(44)29(59-39(54)62-42(7,8)9)26(58-33)22-55-30(34(50)56-20-24-16-12-10-13-17-24)35(51)57-21-25-18-14-11-15-19-25/h10-19,23,26-27,29-30,33H,20-22H2,1-9H3/t26-,27+,29-,33-/m1/s1. The Morgan fingerprint density at radius 3 is 1.76 bits per heavy atom. The smallest absolute Gasteiger partial charge is 0.458 e. The fraction of sp³-hybridized carbons (Fsp3) is 0.476. The molecule has 1 aliphatic heterocycles. The molecule has 62 heavy (non-hydrogen) atoms. The lowest BCUT2D eigenvalue weighted by atomic mass is 10.1. The van der Waals surface area contributed by atoms with Crippen molar-refractivity contribution in [3.63, 3.8) is 0 Å². The summed E-state index contributed by atoms with van der Waals surface area (Å²) in [6, 6.07) is 17.3. The molecule has 0 unspecified atom stereocenters. The van der Waals surface area contributed by atoms with E-state index in [-0.39, 0.29) is 24.4 Å². The van der Waals surface area contributed by atoms with Crippen molar-refractivity contribution in [2.45, 2.75) is 123 Å². The number of aromatic nitrogens is 4. The summed E-state index contributed by atoms with van der Waals surface area (Å²) >= 11 is 6.35. The van der Waals surface area contributed by atoms with Gasteiger partial charge in [-0.3, -0.25) is 4.57 Å². The van der Waals surface area contributed by atoms with Crippen LogP contribution in [-0.4, -0.2) is 97.7 Å². The van der Waals surface area contributed by atoms with Crippen molar-refractivity contribution in [2.75, 3.05) is 11.5 Å². The van der Waals surface area contributed by atoms with E-state index in [1.165, 1.54) is 0 Å². The molecule has 1 fully saturated rings. The lowest BCUT2D eigenvalue weighted by Gasteiger charge is -2.28. The molecule has 3 heterocycles. The largest absolute Gasteiger partial charge is 0.509 e. The number of nitrogens with zero attached hydrogens (tertiary/aromatic N) is 5. The molecule has 18 nitrogen and oxygen atoms in total. The van der Waals surface area contributed by atoms with E-state index in [0.29, 0.717) is 16.0 Å². The minimum Gasteiger partial charge on any atom is -0.458 e. The van der Waals surface area contributed by atoms with Gasteiger partial charge in [-0.25, -0.2) is 33.3 Å². The number of alkyl halides is 1. The molecule has 1 saturated heterocycles. The average Bonchev–Trinajstić information content (AvgIpc) is 3.71. The first-order valence-corrected chi connectivity index (χ1v) is 19.8. The van der Waals surface area contributed by atoms with Gasteiger partial charge < -0.3 is 37.9 Å². The van der Waals surface area contributed by atoms with Crippen molar-refractivity contribution >= 4 is 58.9 Å². The average molecular weight is 886 g/mol. The number of halogens is 2. The third-order valence-corrected chi connectivity index (χ3v) is 8.37. The third-order valence-electron chi connectivity index (χ3n) is 8.21. The van der Waals surface area contributed by atoms with Crippen molar-refractivity contribution in [1.29, 1.82) is 0 Å². The molecular weight excluding hydrogens is 837 g/mol. The first-order chi connectivity index (χ1) is 29.0. The van der Waals surface area contributed by atoms with Crippen LogP contribution >= 0.6 is 11.6 Å². The molecule has 4 atom stereocenters. The maximum Gasteiger partial charge on any atom is 0.509 e. The molecule has 2 amide bonds. The number of hydrogen-bond donors (Lipinski definition) is 0. The van der Waals surface area contributed by atoms with Crippen LogP contribution in [0.25, 0.3) is 11.2 Å². The Bertz CT molecular complexity index is 2140. The van der Waals surface area contributed by atoms with Gasteiger partial charge in [-0.05, 0) is 85.0 Å². The zero-order chi connectivity index (χ0) is 45.6. The number of imide groups is 1. The van der Waals surface area contributed by atoms with Crippen LogP contribution in [-0.2, 0) is 60.7 Å². The number of carbonyl (C=O) groups is 5. The topological polar surface area (TPSA) is 206 Å². The van der Waals surface area contributed by atoms with Crippen LogP contribution in [0.15, 0.2) is 67.0 Å². The van der Waals surface area contributed by atoms with Gasteiger partial charge in [0.15, 0.2) is 35.5 Å². The molecule has 0 radical (unpaired) electrons. The summed E-state index contributed by atoms with van der Waals surface area (Å²) in [6.07, 6.45) is -11.9. The Morgan fingerprint density at radius 2 is 1.27 bits per heavy atom. The molecule has 20 heteroatoms. The maximum absolute atomic E-state index is 16.9. The van der Waals surface area contributed by atoms with Crippen molar-refractivity contribution in [3.05, 3.63) is 83.4 Å². The fourth-order valence-corrected chi connectivity index (χ4v) is 5.85. The number of hydrogen-bond acceptors (Lipinski definition) is 16. The zero-order valence-electron chi connectivity index (χ0n) is 35.7. The summed E-state index contributed by atoms with van der Waals surface area (Å²) in [4.78, 5) is 80.0. The van der Waals surface area contributed by atoms with Gasteiger partial charge in [0.25, 0.3) is 6.10 Å². The van der Waals surface area contributed by atoms with E-state index in [4.69, 9.17) is 49.5 Å². The Kier molecular flexibility index (Phi) is 14.8. The van der Waals surface area contributed by atoms with Crippen molar-refractivity contribution < 1.29 is 66.3 Å². The first kappa shape index (κ1) is 47.1. The van der Waals surface area contributed by atoms with Gasteiger partial charge in [0, 0.05) is 0 Å². The maximum atomic E-state index is 16.9. The number of amides is 2. The van der Waals surface area contributed by atoms with Gasteiger partial charge in [0.1, 0.15) is 36.1 Å². The number of rotatable bonds is 12. The second-order valence-corrected chi connectivity index (χ2v) is 17.2. The number of esters is 2. The SMILES string of the molecule is CC(C)(C)OC(=O)O[C@H]1[C@H](F)[C@H](n2cnc3c(N(C(=O)OC(C)(C)C)C(=O)OC(C)(C)C)nc(Cl)nc32)O[C@@H]1COC(C(=O)OCc1ccccc1)C(=O)OCc1ccccc1. The molecule has 5 rings (SSSR count). The van der Waals surface area contributed by atoms with Gasteiger partial charge in [-0.1, -0.05) is 60.7 Å². The second-order valence-electron chi connectivity index (χ2n) is 16.9. The van der Waals surface area contributed by atoms with Gasteiger partial charge in [-0.2, -0.15) is 14.9 Å². The van der Waals surface area contributed by atoms with Crippen molar-refractivity contribution in [3.8, 4) is 0 Å². The third kappa shape index (κ3) is 12.8. The summed E-state index contributed by atoms with van der Waals surface area (Å²) in [5.41, 5.74) is -2.47. The van der Waals surface area contributed by atoms with Crippen molar-refractivity contribution in [2.24, 2.45) is 0 Å². The lowest BCUT2D eigenvalue weighted by molar-refractivity contribution is -0.179. The van der Waals surface area contributed by atoms with E-state index in [1.807, 2.05) is 0 Å². The molecule has 0 N–H and O–H groups in total. The quantitative estimate of drug-likeness (QED) is 0.0581. The second kappa shape index (κ2) is 19.4. The number of carbonyl (C=O) groups excluding carboxylic acids is 5. The van der Waals surface area contributed by atoms with Crippen LogP contribution < -0.4 is 4.90 Å². The number of anilines is 1. The summed E-state index contributed by atoms with van der Waals surface area (Å²) in [5, 5.41) is -0.507. The van der Waals surface area contributed by atoms with Crippen LogP contribution in [0.1, 0.15) is 79.7 Å². The highest BCUT2D eigenvalue weighted by Crippen LogP contribution is 2.38. The normalized spacial score (nSPS) is 17.9. The highest BCUT2D eigenvalue weighted by Gasteiger charge is 2.51. The van der Waals surface area contributed by atoms with Crippen LogP contribution in [0.2, 0.25) is 5.28 Å². The molecule has 4 aromatic rings. The van der Waals surface area contributed by atoms with E-state index >= 15 is 4.39 Å². The zero-order valence-corrected chi connectivity index (χ0v) is 36.4. The highest BCUT2D eigenvalue weighted by molar-refractivity contribution is 6.29. The van der Waals surface area contributed by atoms with Crippen LogP contribution in [0.3, 0.4) is 0 Å². The number of ether oxygens (including phenoxy) is 8. The highest BCUT2D eigenvalue weighted by atomic mass is 35.5. The van der Waals surface area contributed by atoms with E-state index in [2.05, 4.69) is 15.0 Å². The Labute approximate surface area is 361 Å². The number of fused-ring (bicyclic) bond motifs is 1. The molecule has 0 bridgehead atoms. The van der Waals surface area contributed by atoms with Gasteiger partial charge in [0.05, 0.1) is 12.9 Å². The van der Waals surface area contributed by atoms with Gasteiger partial charge >= 0.3 is 30.3 Å². The van der Waals surface area contributed by atoms with E-state index in [9.17, 15) is 24.0 Å². The molecule has 0 saturated carbocycles. The van der Waals surface area contributed by atoms with Gasteiger partial charge in [0.2, 0.25) is 5.28 Å². The summed E-state index contributed by atoms with van der Waals surface area (Å²) < 4.78 is 62.3. The van der Waals surface area contributed by atoms with E-state index in [0.717, 1.165) is 10.9 Å². The van der Waals surface area contributed by atoms with Gasteiger partial charge in [-0.15, -0.1) is 0 Å². The minimum atomic E-state index is -2.24. The first-order valence-electron chi connectivity index (χ1n) is 19.4. The predicted octanol–water partition coefficient (Wildman–Crippen LogP) is 7.58. The summed E-state index contributed by atoms with van der Waals surface area (Å²) in [7, 11) is 0. The molecule has 1 aliphatic rings. The summed E-state index contributed by atoms with van der Waals surface area (Å²) in [6.45, 7) is 13.0. The van der Waals surface area contributed by atoms with E-state index in [1.54, 1.807) is 123 Å². The lowest BCUT2D eigenvalue weighted by Crippen LogP contribution is -2.44. The van der Waals surface area contributed by atoms with Crippen LogP contribution in [0, 0.1) is 0 Å². The van der Waals surface area contributed by atoms with Crippen molar-refractivity contribution in [1.82, 2.24) is 19.5 Å². The molecule has 334 valence electrons. The Balaban J connectivity index is 1.48. The Morgan fingerprint density at radius 1 is 0.774 bits per heavy atom.